The topological polar surface area (TPSA) is 17.1 Å². The number of carbonyl (C=O) groups is 1. The molecular formula is C28H45ClOS. The van der Waals surface area contributed by atoms with E-state index in [1.165, 1.54) is 63.1 Å². The molecule has 3 heteroatoms. The highest BCUT2D eigenvalue weighted by atomic mass is 35.5. The van der Waals surface area contributed by atoms with Crippen molar-refractivity contribution in [1.82, 2.24) is 0 Å². The van der Waals surface area contributed by atoms with Crippen LogP contribution >= 0.6 is 23.4 Å². The summed E-state index contributed by atoms with van der Waals surface area (Å²) < 4.78 is -0.225. The number of halogens is 1. The molecule has 0 aromatic carbocycles. The number of rotatable bonds is 6. The summed E-state index contributed by atoms with van der Waals surface area (Å²) in [4.78, 5) is 11.4. The van der Waals surface area contributed by atoms with E-state index in [0.717, 1.165) is 60.2 Å². The van der Waals surface area contributed by atoms with Crippen LogP contribution in [0.25, 0.3) is 0 Å². The van der Waals surface area contributed by atoms with Gasteiger partial charge >= 0.3 is 0 Å². The minimum atomic E-state index is -0.225. The van der Waals surface area contributed by atoms with E-state index >= 15 is 0 Å². The van der Waals surface area contributed by atoms with Crippen molar-refractivity contribution < 1.29 is 4.79 Å². The number of carbonyl (C=O) groups excluding carboxylic acids is 1. The molecule has 0 unspecified atom stereocenters. The first-order chi connectivity index (χ1) is 14.7. The molecule has 4 rings (SSSR count). The molecule has 3 saturated carbocycles. The molecule has 0 heterocycles. The van der Waals surface area contributed by atoms with Crippen molar-refractivity contribution in [2.24, 2.45) is 52.8 Å². The second kappa shape index (κ2) is 9.73. The third-order valence-electron chi connectivity index (χ3n) is 10.2. The van der Waals surface area contributed by atoms with E-state index in [1.54, 1.807) is 5.57 Å². The monoisotopic (exact) mass is 464 g/mol. The first-order valence-corrected chi connectivity index (χ1v) is 14.5. The molecular weight excluding hydrogens is 420 g/mol. The van der Waals surface area contributed by atoms with Crippen LogP contribution in [0.1, 0.15) is 98.8 Å². The molecule has 0 bridgehead atoms. The molecule has 1 nitrogen and oxygen atoms in total. The molecule has 0 aliphatic heterocycles. The van der Waals surface area contributed by atoms with Crippen LogP contribution in [0.4, 0.5) is 4.79 Å². The van der Waals surface area contributed by atoms with Crippen molar-refractivity contribution in [2.75, 3.05) is 0 Å². The van der Waals surface area contributed by atoms with Crippen LogP contribution in [-0.2, 0) is 0 Å². The Balaban J connectivity index is 1.46. The summed E-state index contributed by atoms with van der Waals surface area (Å²) in [5, 5.41) is 0.400. The predicted octanol–water partition coefficient (Wildman–Crippen LogP) is 9.34. The maximum atomic E-state index is 11.4. The minimum Gasteiger partial charge on any atom is -0.268 e. The zero-order valence-corrected chi connectivity index (χ0v) is 22.1. The largest absolute Gasteiger partial charge is 0.279 e. The van der Waals surface area contributed by atoms with Gasteiger partial charge in [-0.05, 0) is 109 Å². The van der Waals surface area contributed by atoms with Crippen molar-refractivity contribution in [3.63, 3.8) is 0 Å². The van der Waals surface area contributed by atoms with E-state index in [0.29, 0.717) is 10.7 Å². The lowest BCUT2D eigenvalue weighted by Gasteiger charge is -2.57. The lowest BCUT2D eigenvalue weighted by molar-refractivity contribution is -0.0300. The summed E-state index contributed by atoms with van der Waals surface area (Å²) >= 11 is 7.07. The maximum absolute atomic E-state index is 11.4. The fraction of sp³-hybridized carbons (Fsp3) is 0.893. The molecule has 3 fully saturated rings. The number of hydrogen-bond donors (Lipinski definition) is 0. The summed E-state index contributed by atoms with van der Waals surface area (Å²) in [5.41, 5.74) is 2.04. The van der Waals surface area contributed by atoms with Crippen LogP contribution in [0, 0.1) is 52.8 Å². The number of hydrogen-bond acceptors (Lipinski definition) is 2. The van der Waals surface area contributed by atoms with E-state index in [2.05, 4.69) is 40.7 Å². The lowest BCUT2D eigenvalue weighted by atomic mass is 9.48. The standard InChI is InChI=1S/C28H45ClOS/c1-17(2)7-6-8-18(3)22-11-12-24-23-10-9-20-16-21(31-27(29)30)13-14-28(20,5)25(23)15-19(4)26(22)24/h9,17-19,21-26H,6-8,10-16H2,1-5H3/t18-,19+,21+,22-,23-,24+,25+,26-,28-/m0/s1. The second-order valence-electron chi connectivity index (χ2n) is 12.4. The highest BCUT2D eigenvalue weighted by Crippen LogP contribution is 2.64. The van der Waals surface area contributed by atoms with Crippen LogP contribution in [0.5, 0.6) is 0 Å². The predicted molar refractivity (Wildman–Crippen MR) is 136 cm³/mol. The molecule has 0 aromatic rings. The highest BCUT2D eigenvalue weighted by molar-refractivity contribution is 8.17. The van der Waals surface area contributed by atoms with Crippen LogP contribution in [0.15, 0.2) is 11.6 Å². The molecule has 0 radical (unpaired) electrons. The summed E-state index contributed by atoms with van der Waals surface area (Å²) in [5.74, 6) is 7.27. The second-order valence-corrected chi connectivity index (χ2v) is 14.2. The van der Waals surface area contributed by atoms with Crippen molar-refractivity contribution >= 4 is 27.9 Å². The third kappa shape index (κ3) is 4.82. The molecule has 31 heavy (non-hydrogen) atoms. The number of thioether (sulfide) groups is 1. The van der Waals surface area contributed by atoms with Crippen LogP contribution in [-0.4, -0.2) is 9.82 Å². The van der Waals surface area contributed by atoms with Gasteiger partial charge in [0.2, 0.25) is 0 Å². The molecule has 0 N–H and O–H groups in total. The third-order valence-corrected chi connectivity index (χ3v) is 11.4. The van der Waals surface area contributed by atoms with E-state index in [4.69, 9.17) is 11.6 Å². The SMILES string of the molecule is CC(C)CCC[C@H](C)[C@@H]1CC[C@@H]2[C@@H]3CC=C4C[C@H](SC(=O)Cl)CC[C@]4(C)[C@@H]3C[C@@H](C)[C@H]21. The van der Waals surface area contributed by atoms with Crippen molar-refractivity contribution in [3.05, 3.63) is 11.6 Å². The highest BCUT2D eigenvalue weighted by Gasteiger charge is 2.56. The first kappa shape index (κ1) is 24.2. The number of allylic oxidation sites excluding steroid dienone is 2. The van der Waals surface area contributed by atoms with Crippen molar-refractivity contribution in [2.45, 2.75) is 104 Å². The molecule has 0 saturated heterocycles. The Morgan fingerprint density at radius 1 is 1.19 bits per heavy atom. The van der Waals surface area contributed by atoms with Gasteiger partial charge in [0.25, 0.3) is 4.57 Å². The van der Waals surface area contributed by atoms with Crippen LogP contribution in [0.3, 0.4) is 0 Å². The maximum Gasteiger partial charge on any atom is 0.279 e. The van der Waals surface area contributed by atoms with Crippen molar-refractivity contribution in [3.8, 4) is 0 Å². The van der Waals surface area contributed by atoms with Gasteiger partial charge < -0.3 is 0 Å². The van der Waals surface area contributed by atoms with Gasteiger partial charge in [-0.2, -0.15) is 0 Å². The number of fused-ring (bicyclic) bond motifs is 5. The molecule has 9 atom stereocenters. The zero-order chi connectivity index (χ0) is 22.3. The van der Waals surface area contributed by atoms with E-state index in [1.807, 2.05) is 0 Å². The van der Waals surface area contributed by atoms with Gasteiger partial charge in [-0.3, -0.25) is 4.79 Å². The lowest BCUT2D eigenvalue weighted by Crippen LogP contribution is -2.49. The van der Waals surface area contributed by atoms with E-state index < -0.39 is 0 Å². The molecule has 0 amide bonds. The Bertz CT molecular complexity index is 686. The smallest absolute Gasteiger partial charge is 0.268 e. The molecule has 0 spiro atoms. The molecule has 0 aromatic heterocycles. The van der Waals surface area contributed by atoms with Crippen LogP contribution in [0.2, 0.25) is 0 Å². The van der Waals surface area contributed by atoms with E-state index in [-0.39, 0.29) is 4.57 Å². The average Bonchev–Trinajstić information content (AvgIpc) is 3.14. The average molecular weight is 465 g/mol. The Morgan fingerprint density at radius 2 is 1.97 bits per heavy atom. The fourth-order valence-electron chi connectivity index (χ4n) is 8.71. The summed E-state index contributed by atoms with van der Waals surface area (Å²) in [6.07, 6.45) is 16.0. The van der Waals surface area contributed by atoms with Gasteiger partial charge in [-0.1, -0.05) is 77.3 Å². The Labute approximate surface area is 200 Å². The van der Waals surface area contributed by atoms with Crippen LogP contribution < -0.4 is 0 Å². The summed E-state index contributed by atoms with van der Waals surface area (Å²) in [7, 11) is 0. The molecule has 4 aliphatic carbocycles. The summed E-state index contributed by atoms with van der Waals surface area (Å²) in [6, 6.07) is 0. The molecule has 4 aliphatic rings. The fourth-order valence-corrected chi connectivity index (χ4v) is 9.85. The van der Waals surface area contributed by atoms with Gasteiger partial charge in [0.15, 0.2) is 0 Å². The zero-order valence-electron chi connectivity index (χ0n) is 20.5. The van der Waals surface area contributed by atoms with Gasteiger partial charge in [0.1, 0.15) is 0 Å². The first-order valence-electron chi connectivity index (χ1n) is 13.3. The molecule has 176 valence electrons. The normalized spacial score (nSPS) is 43.1. The van der Waals surface area contributed by atoms with E-state index in [9.17, 15) is 4.79 Å². The van der Waals surface area contributed by atoms with Crippen molar-refractivity contribution in [1.29, 1.82) is 0 Å². The Morgan fingerprint density at radius 3 is 2.68 bits per heavy atom. The Hall–Kier alpha value is 0.0500. The van der Waals surface area contributed by atoms with Gasteiger partial charge in [0, 0.05) is 5.25 Å². The summed E-state index contributed by atoms with van der Waals surface area (Å²) in [6.45, 7) is 12.5. The van der Waals surface area contributed by atoms with Gasteiger partial charge in [0.05, 0.1) is 0 Å². The minimum absolute atomic E-state index is 0.225. The Kier molecular flexibility index (Phi) is 7.59. The van der Waals surface area contributed by atoms with Gasteiger partial charge in [-0.25, -0.2) is 0 Å². The quantitative estimate of drug-likeness (QED) is 0.287. The van der Waals surface area contributed by atoms with Gasteiger partial charge in [-0.15, -0.1) is 0 Å².